The molecular formula is C16H19N5. The van der Waals surface area contributed by atoms with Crippen molar-refractivity contribution in [3.63, 3.8) is 0 Å². The maximum Gasteiger partial charge on any atom is 0.103 e. The summed E-state index contributed by atoms with van der Waals surface area (Å²) >= 11 is 0. The molecule has 21 heavy (non-hydrogen) atoms. The number of fused-ring (bicyclic) bond motifs is 1. The van der Waals surface area contributed by atoms with Gasteiger partial charge in [0.25, 0.3) is 0 Å². The molecule has 1 aliphatic rings. The molecule has 1 fully saturated rings. The van der Waals surface area contributed by atoms with Crippen LogP contribution in [0.25, 0.3) is 10.9 Å². The van der Waals surface area contributed by atoms with Gasteiger partial charge in [-0.1, -0.05) is 18.2 Å². The summed E-state index contributed by atoms with van der Waals surface area (Å²) in [7, 11) is 0. The minimum atomic E-state index is -0.398. The molecule has 5 heteroatoms. The first kappa shape index (κ1) is 13.8. The number of aromatic nitrogens is 2. The van der Waals surface area contributed by atoms with E-state index in [1.165, 1.54) is 0 Å². The van der Waals surface area contributed by atoms with Crippen molar-refractivity contribution in [2.24, 2.45) is 0 Å². The molecule has 0 atom stereocenters. The topological polar surface area (TPSA) is 56.1 Å². The van der Waals surface area contributed by atoms with Gasteiger partial charge in [-0.2, -0.15) is 15.5 Å². The number of anilines is 1. The van der Waals surface area contributed by atoms with Gasteiger partial charge in [0.05, 0.1) is 23.5 Å². The van der Waals surface area contributed by atoms with Crippen molar-refractivity contribution in [1.29, 1.82) is 5.26 Å². The van der Waals surface area contributed by atoms with Crippen molar-refractivity contribution in [1.82, 2.24) is 15.1 Å². The lowest BCUT2D eigenvalue weighted by Crippen LogP contribution is -2.54. The molecule has 2 aromatic rings. The van der Waals surface area contributed by atoms with Gasteiger partial charge >= 0.3 is 0 Å². The van der Waals surface area contributed by atoms with Crippen LogP contribution >= 0.6 is 0 Å². The number of piperazine rings is 1. The highest BCUT2D eigenvalue weighted by atomic mass is 15.3. The highest BCUT2D eigenvalue weighted by Crippen LogP contribution is 2.26. The fourth-order valence-corrected chi connectivity index (χ4v) is 2.82. The standard InChI is InChI=1S/C16H19N5/c1-16(2,12-17)21-9-7-20(8-10-21)15-11-18-19-14-6-4-3-5-13(14)15/h3-6,11H,7-10H2,1-2H3. The highest BCUT2D eigenvalue weighted by molar-refractivity contribution is 5.90. The highest BCUT2D eigenvalue weighted by Gasteiger charge is 2.30. The molecular weight excluding hydrogens is 262 g/mol. The first-order valence-corrected chi connectivity index (χ1v) is 7.23. The third kappa shape index (κ3) is 2.55. The van der Waals surface area contributed by atoms with E-state index in [2.05, 4.69) is 32.1 Å². The first-order valence-electron chi connectivity index (χ1n) is 7.23. The molecule has 1 saturated heterocycles. The smallest absolute Gasteiger partial charge is 0.103 e. The number of nitrogens with zero attached hydrogens (tertiary/aromatic N) is 5. The lowest BCUT2D eigenvalue weighted by atomic mass is 10.0. The van der Waals surface area contributed by atoms with E-state index >= 15 is 0 Å². The fourth-order valence-electron chi connectivity index (χ4n) is 2.82. The quantitative estimate of drug-likeness (QED) is 0.843. The molecule has 0 saturated carbocycles. The molecule has 3 rings (SSSR count). The molecule has 108 valence electrons. The van der Waals surface area contributed by atoms with Crippen LogP contribution in [0.15, 0.2) is 30.5 Å². The normalized spacial score (nSPS) is 16.9. The molecule has 0 radical (unpaired) electrons. The zero-order chi connectivity index (χ0) is 14.9. The van der Waals surface area contributed by atoms with Crippen LogP contribution in [0.3, 0.4) is 0 Å². The predicted molar refractivity (Wildman–Crippen MR) is 83.0 cm³/mol. The van der Waals surface area contributed by atoms with E-state index in [9.17, 15) is 5.26 Å². The largest absolute Gasteiger partial charge is 0.367 e. The maximum absolute atomic E-state index is 9.25. The average molecular weight is 281 g/mol. The zero-order valence-corrected chi connectivity index (χ0v) is 12.5. The van der Waals surface area contributed by atoms with Crippen molar-refractivity contribution in [2.45, 2.75) is 19.4 Å². The summed E-state index contributed by atoms with van der Waals surface area (Å²) in [6.45, 7) is 7.54. The Labute approximate surface area is 124 Å². The second-order valence-electron chi connectivity index (χ2n) is 5.89. The van der Waals surface area contributed by atoms with Crippen LogP contribution in [0.2, 0.25) is 0 Å². The van der Waals surface area contributed by atoms with Crippen molar-refractivity contribution < 1.29 is 0 Å². The van der Waals surface area contributed by atoms with Crippen LogP contribution in [-0.2, 0) is 0 Å². The second kappa shape index (κ2) is 5.30. The number of hydrogen-bond acceptors (Lipinski definition) is 5. The second-order valence-corrected chi connectivity index (χ2v) is 5.89. The Hall–Kier alpha value is -2.19. The third-order valence-corrected chi connectivity index (χ3v) is 4.21. The summed E-state index contributed by atoms with van der Waals surface area (Å²) in [5.41, 5.74) is 1.66. The van der Waals surface area contributed by atoms with Gasteiger partial charge in [-0.25, -0.2) is 0 Å². The van der Waals surface area contributed by atoms with Gasteiger partial charge in [-0.3, -0.25) is 4.90 Å². The molecule has 0 spiro atoms. The fraction of sp³-hybridized carbons (Fsp3) is 0.438. The molecule has 1 aromatic carbocycles. The molecule has 0 bridgehead atoms. The Morgan fingerprint density at radius 3 is 2.57 bits per heavy atom. The number of rotatable bonds is 2. The van der Waals surface area contributed by atoms with Gasteiger partial charge in [0.15, 0.2) is 0 Å². The van der Waals surface area contributed by atoms with Crippen molar-refractivity contribution in [2.75, 3.05) is 31.1 Å². The number of nitriles is 1. The van der Waals surface area contributed by atoms with Crippen LogP contribution in [-0.4, -0.2) is 46.8 Å². The van der Waals surface area contributed by atoms with Crippen molar-refractivity contribution in [3.8, 4) is 6.07 Å². The summed E-state index contributed by atoms with van der Waals surface area (Å²) in [4.78, 5) is 4.57. The summed E-state index contributed by atoms with van der Waals surface area (Å²) in [5.74, 6) is 0. The van der Waals surface area contributed by atoms with Gasteiger partial charge in [0.2, 0.25) is 0 Å². The average Bonchev–Trinajstić information content (AvgIpc) is 2.54. The minimum absolute atomic E-state index is 0.398. The van der Waals surface area contributed by atoms with E-state index < -0.39 is 5.54 Å². The Morgan fingerprint density at radius 2 is 1.86 bits per heavy atom. The predicted octanol–water partition coefficient (Wildman–Crippen LogP) is 2.05. The first-order chi connectivity index (χ1) is 10.1. The molecule has 1 aliphatic heterocycles. The number of hydrogen-bond donors (Lipinski definition) is 0. The molecule has 0 amide bonds. The Balaban J connectivity index is 1.82. The molecule has 2 heterocycles. The van der Waals surface area contributed by atoms with Gasteiger partial charge in [-0.05, 0) is 19.9 Å². The molecule has 0 unspecified atom stereocenters. The van der Waals surface area contributed by atoms with Crippen LogP contribution in [0.4, 0.5) is 5.69 Å². The SMILES string of the molecule is CC(C)(C#N)N1CCN(c2cnnc3ccccc23)CC1. The van der Waals surface area contributed by atoms with Crippen molar-refractivity contribution in [3.05, 3.63) is 30.5 Å². The van der Waals surface area contributed by atoms with Crippen LogP contribution in [0.1, 0.15) is 13.8 Å². The van der Waals surface area contributed by atoms with E-state index in [0.29, 0.717) is 0 Å². The monoisotopic (exact) mass is 281 g/mol. The minimum Gasteiger partial charge on any atom is -0.367 e. The van der Waals surface area contributed by atoms with E-state index in [-0.39, 0.29) is 0 Å². The van der Waals surface area contributed by atoms with Crippen LogP contribution in [0, 0.1) is 11.3 Å². The van der Waals surface area contributed by atoms with Gasteiger partial charge in [0.1, 0.15) is 5.54 Å². The molecule has 1 aromatic heterocycles. The zero-order valence-electron chi connectivity index (χ0n) is 12.5. The Kier molecular flexibility index (Phi) is 3.48. The lowest BCUT2D eigenvalue weighted by Gasteiger charge is -2.41. The number of benzene rings is 1. The summed E-state index contributed by atoms with van der Waals surface area (Å²) in [5, 5.41) is 18.7. The van der Waals surface area contributed by atoms with E-state index in [1.54, 1.807) is 0 Å². The lowest BCUT2D eigenvalue weighted by molar-refractivity contribution is 0.158. The third-order valence-electron chi connectivity index (χ3n) is 4.21. The molecule has 0 aliphatic carbocycles. The van der Waals surface area contributed by atoms with Gasteiger partial charge in [0, 0.05) is 31.6 Å². The molecule has 5 nitrogen and oxygen atoms in total. The van der Waals surface area contributed by atoms with E-state index in [0.717, 1.165) is 42.8 Å². The van der Waals surface area contributed by atoms with E-state index in [1.807, 2.05) is 38.2 Å². The van der Waals surface area contributed by atoms with Crippen LogP contribution in [0.5, 0.6) is 0 Å². The summed E-state index contributed by atoms with van der Waals surface area (Å²) in [6.07, 6.45) is 1.84. The van der Waals surface area contributed by atoms with E-state index in [4.69, 9.17) is 0 Å². The Morgan fingerprint density at radius 1 is 1.14 bits per heavy atom. The van der Waals surface area contributed by atoms with Gasteiger partial charge in [-0.15, -0.1) is 0 Å². The van der Waals surface area contributed by atoms with Crippen molar-refractivity contribution >= 4 is 16.6 Å². The van der Waals surface area contributed by atoms with Gasteiger partial charge < -0.3 is 4.90 Å². The van der Waals surface area contributed by atoms with Crippen LogP contribution < -0.4 is 4.90 Å². The summed E-state index contributed by atoms with van der Waals surface area (Å²) < 4.78 is 0. The molecule has 0 N–H and O–H groups in total. The summed E-state index contributed by atoms with van der Waals surface area (Å²) in [6, 6.07) is 10.5. The maximum atomic E-state index is 9.25. The Bertz CT molecular complexity index is 675.